The van der Waals surface area contributed by atoms with Gasteiger partial charge in [-0.05, 0) is 12.8 Å². The molecule has 4 N–H and O–H groups in total. The summed E-state index contributed by atoms with van der Waals surface area (Å²) in [6.07, 6.45) is 5.38. The zero-order valence-electron chi connectivity index (χ0n) is 13.0. The van der Waals surface area contributed by atoms with E-state index in [0.29, 0.717) is 26.1 Å². The predicted octanol–water partition coefficient (Wildman–Crippen LogP) is 0.191. The molecule has 7 heteroatoms. The third kappa shape index (κ3) is 6.10. The fourth-order valence-corrected chi connectivity index (χ4v) is 3.07. The van der Waals surface area contributed by atoms with Crippen LogP contribution in [-0.4, -0.2) is 49.2 Å². The summed E-state index contributed by atoms with van der Waals surface area (Å²) in [7, 11) is 0. The van der Waals surface area contributed by atoms with E-state index in [9.17, 15) is 14.7 Å². The van der Waals surface area contributed by atoms with Crippen molar-refractivity contribution in [3.8, 4) is 0 Å². The lowest BCUT2D eigenvalue weighted by atomic mass is 9.89. The summed E-state index contributed by atoms with van der Waals surface area (Å²) in [4.78, 5) is 23.6. The average molecular weight is 334 g/mol. The van der Waals surface area contributed by atoms with Gasteiger partial charge in [-0.25, -0.2) is 0 Å². The highest BCUT2D eigenvalue weighted by atomic mass is 35.5. The van der Waals surface area contributed by atoms with Crippen molar-refractivity contribution in [3.05, 3.63) is 0 Å². The van der Waals surface area contributed by atoms with Crippen LogP contribution in [0.2, 0.25) is 0 Å². The van der Waals surface area contributed by atoms with Crippen LogP contribution in [0.3, 0.4) is 0 Å². The van der Waals surface area contributed by atoms with E-state index in [0.717, 1.165) is 32.2 Å². The first-order valence-corrected chi connectivity index (χ1v) is 8.10. The molecule has 22 heavy (non-hydrogen) atoms. The zero-order valence-corrected chi connectivity index (χ0v) is 13.8. The van der Waals surface area contributed by atoms with Gasteiger partial charge >= 0.3 is 0 Å². The van der Waals surface area contributed by atoms with E-state index in [-0.39, 0.29) is 42.2 Å². The number of β-amino-alcohol motifs (C(OH)–C–C–N with tert-alkyl or cyclic N) is 1. The molecule has 2 atom stereocenters. The van der Waals surface area contributed by atoms with Crippen LogP contribution < -0.4 is 16.0 Å². The summed E-state index contributed by atoms with van der Waals surface area (Å²) in [5.74, 6) is 0.253. The van der Waals surface area contributed by atoms with Crippen LogP contribution in [0.5, 0.6) is 0 Å². The Labute approximate surface area is 138 Å². The second-order valence-corrected chi connectivity index (χ2v) is 6.17. The van der Waals surface area contributed by atoms with E-state index in [1.165, 1.54) is 6.42 Å². The number of hydrogen-bond donors (Lipinski definition) is 4. The van der Waals surface area contributed by atoms with Crippen molar-refractivity contribution in [2.24, 2.45) is 11.8 Å². The Bertz CT molecular complexity index is 362. The molecule has 0 radical (unpaired) electrons. The number of hydrogen-bond acceptors (Lipinski definition) is 4. The first-order valence-electron chi connectivity index (χ1n) is 8.10. The standard InChI is InChI=1S/C15H27N3O3.ClH/c19-13-10-16-8-12(13)9-18-14(20)6-7-17-15(21)11-4-2-1-3-5-11;/h11-13,16,19H,1-10H2,(H,17,21)(H,18,20);1H. The van der Waals surface area contributed by atoms with Crippen molar-refractivity contribution >= 4 is 24.2 Å². The number of carbonyl (C=O) groups excluding carboxylic acids is 2. The van der Waals surface area contributed by atoms with Crippen molar-refractivity contribution in [3.63, 3.8) is 0 Å². The largest absolute Gasteiger partial charge is 0.391 e. The lowest BCUT2D eigenvalue weighted by Gasteiger charge is -2.20. The van der Waals surface area contributed by atoms with E-state index in [1.54, 1.807) is 0 Å². The minimum atomic E-state index is -0.378. The van der Waals surface area contributed by atoms with Gasteiger partial charge in [0.2, 0.25) is 11.8 Å². The quantitative estimate of drug-likeness (QED) is 0.558. The summed E-state index contributed by atoms with van der Waals surface area (Å²) in [5, 5.41) is 18.4. The predicted molar refractivity (Wildman–Crippen MR) is 86.8 cm³/mol. The van der Waals surface area contributed by atoms with Crippen LogP contribution in [0.1, 0.15) is 38.5 Å². The van der Waals surface area contributed by atoms with E-state index >= 15 is 0 Å². The Morgan fingerprint density at radius 2 is 1.82 bits per heavy atom. The Morgan fingerprint density at radius 3 is 2.45 bits per heavy atom. The Kier molecular flexibility index (Phi) is 8.75. The van der Waals surface area contributed by atoms with Gasteiger partial charge in [0.25, 0.3) is 0 Å². The molecule has 128 valence electrons. The van der Waals surface area contributed by atoms with Crippen molar-refractivity contribution in [2.75, 3.05) is 26.2 Å². The van der Waals surface area contributed by atoms with Crippen molar-refractivity contribution < 1.29 is 14.7 Å². The molecule has 1 saturated heterocycles. The number of amides is 2. The molecule has 0 bridgehead atoms. The van der Waals surface area contributed by atoms with E-state index in [1.807, 2.05) is 0 Å². The summed E-state index contributed by atoms with van der Waals surface area (Å²) < 4.78 is 0. The molecular formula is C15H28ClN3O3. The lowest BCUT2D eigenvalue weighted by Crippen LogP contribution is -2.37. The highest BCUT2D eigenvalue weighted by Gasteiger charge is 2.25. The maximum atomic E-state index is 11.9. The average Bonchev–Trinajstić information content (AvgIpc) is 2.91. The molecular weight excluding hydrogens is 306 g/mol. The van der Waals surface area contributed by atoms with Crippen LogP contribution in [0, 0.1) is 11.8 Å². The Balaban J connectivity index is 0.00000242. The van der Waals surface area contributed by atoms with Gasteiger partial charge in [0.05, 0.1) is 6.10 Å². The Hall–Kier alpha value is -0.850. The minimum absolute atomic E-state index is 0. The third-order valence-electron chi connectivity index (χ3n) is 4.49. The fraction of sp³-hybridized carbons (Fsp3) is 0.867. The molecule has 6 nitrogen and oxygen atoms in total. The number of rotatable bonds is 6. The fourth-order valence-electron chi connectivity index (χ4n) is 3.07. The molecule has 0 aromatic heterocycles. The maximum absolute atomic E-state index is 11.9. The lowest BCUT2D eigenvalue weighted by molar-refractivity contribution is -0.126. The van der Waals surface area contributed by atoms with Gasteiger partial charge in [0.15, 0.2) is 0 Å². The summed E-state index contributed by atoms with van der Waals surface area (Å²) in [5.41, 5.74) is 0. The molecule has 2 fully saturated rings. The summed E-state index contributed by atoms with van der Waals surface area (Å²) in [6, 6.07) is 0. The summed E-state index contributed by atoms with van der Waals surface area (Å²) in [6.45, 7) is 2.22. The van der Waals surface area contributed by atoms with Crippen LogP contribution in [-0.2, 0) is 9.59 Å². The van der Waals surface area contributed by atoms with E-state index in [4.69, 9.17) is 0 Å². The molecule has 2 unspecified atom stereocenters. The maximum Gasteiger partial charge on any atom is 0.223 e. The minimum Gasteiger partial charge on any atom is -0.391 e. The molecule has 2 rings (SSSR count). The number of carbonyl (C=O) groups is 2. The monoisotopic (exact) mass is 333 g/mol. The zero-order chi connectivity index (χ0) is 15.1. The molecule has 1 aliphatic carbocycles. The normalized spacial score (nSPS) is 25.3. The first kappa shape index (κ1) is 19.2. The second kappa shape index (κ2) is 10.0. The highest BCUT2D eigenvalue weighted by molar-refractivity contribution is 5.85. The molecule has 2 amide bonds. The van der Waals surface area contributed by atoms with Gasteiger partial charge in [0.1, 0.15) is 0 Å². The van der Waals surface area contributed by atoms with Crippen LogP contribution in [0.4, 0.5) is 0 Å². The summed E-state index contributed by atoms with van der Waals surface area (Å²) >= 11 is 0. The molecule has 1 heterocycles. The molecule has 0 aromatic carbocycles. The molecule has 0 spiro atoms. The third-order valence-corrected chi connectivity index (χ3v) is 4.49. The van der Waals surface area contributed by atoms with Crippen LogP contribution in [0.15, 0.2) is 0 Å². The smallest absolute Gasteiger partial charge is 0.223 e. The van der Waals surface area contributed by atoms with Gasteiger partial charge in [-0.3, -0.25) is 9.59 Å². The Morgan fingerprint density at radius 1 is 1.09 bits per heavy atom. The molecule has 1 saturated carbocycles. The van der Waals surface area contributed by atoms with E-state index in [2.05, 4.69) is 16.0 Å². The van der Waals surface area contributed by atoms with Crippen LogP contribution in [0.25, 0.3) is 0 Å². The van der Waals surface area contributed by atoms with E-state index < -0.39 is 0 Å². The van der Waals surface area contributed by atoms with Crippen LogP contribution >= 0.6 is 12.4 Å². The molecule has 0 aromatic rings. The van der Waals surface area contributed by atoms with Gasteiger partial charge in [-0.1, -0.05) is 19.3 Å². The van der Waals surface area contributed by atoms with Gasteiger partial charge in [0, 0.05) is 44.4 Å². The number of aliphatic hydroxyl groups is 1. The van der Waals surface area contributed by atoms with Gasteiger partial charge in [-0.2, -0.15) is 0 Å². The van der Waals surface area contributed by atoms with Gasteiger partial charge in [-0.15, -0.1) is 12.4 Å². The van der Waals surface area contributed by atoms with Gasteiger partial charge < -0.3 is 21.1 Å². The topological polar surface area (TPSA) is 90.5 Å². The first-order chi connectivity index (χ1) is 10.2. The number of aliphatic hydroxyl groups excluding tert-OH is 1. The molecule has 1 aliphatic heterocycles. The van der Waals surface area contributed by atoms with Crippen molar-refractivity contribution in [1.82, 2.24) is 16.0 Å². The second-order valence-electron chi connectivity index (χ2n) is 6.17. The molecule has 2 aliphatic rings. The number of halogens is 1. The SMILES string of the molecule is Cl.O=C(CCNC(=O)C1CCCCC1)NCC1CNCC1O. The van der Waals surface area contributed by atoms with Crippen molar-refractivity contribution in [1.29, 1.82) is 0 Å². The highest BCUT2D eigenvalue weighted by Crippen LogP contribution is 2.23. The van der Waals surface area contributed by atoms with Crippen molar-refractivity contribution in [2.45, 2.75) is 44.6 Å². The number of nitrogens with one attached hydrogen (secondary N) is 3.